The van der Waals surface area contributed by atoms with E-state index >= 15 is 0 Å². The molecule has 2 saturated heterocycles. The number of hydrogen-bond acceptors (Lipinski definition) is 4. The summed E-state index contributed by atoms with van der Waals surface area (Å²) in [6.07, 6.45) is 4.22. The smallest absolute Gasteiger partial charge is 0.129 e. The zero-order valence-corrected chi connectivity index (χ0v) is 12.5. The molecule has 1 aromatic rings. The molecule has 2 aliphatic rings. The highest BCUT2D eigenvalue weighted by Gasteiger charge is 2.31. The van der Waals surface area contributed by atoms with E-state index in [1.54, 1.807) is 0 Å². The van der Waals surface area contributed by atoms with Crippen molar-refractivity contribution in [3.63, 3.8) is 0 Å². The summed E-state index contributed by atoms with van der Waals surface area (Å²) >= 11 is 5.93. The maximum atomic E-state index is 5.93. The fourth-order valence-corrected chi connectivity index (χ4v) is 3.45. The maximum Gasteiger partial charge on any atom is 0.129 e. The van der Waals surface area contributed by atoms with E-state index in [2.05, 4.69) is 21.3 Å². The summed E-state index contributed by atoms with van der Waals surface area (Å²) in [4.78, 5) is 6.88. The van der Waals surface area contributed by atoms with Gasteiger partial charge in [-0.15, -0.1) is 0 Å². The van der Waals surface area contributed by atoms with E-state index in [-0.39, 0.29) is 0 Å². The van der Waals surface area contributed by atoms with Gasteiger partial charge in [0.15, 0.2) is 0 Å². The van der Waals surface area contributed by atoms with Gasteiger partial charge >= 0.3 is 0 Å². The molecule has 0 saturated carbocycles. The van der Waals surface area contributed by atoms with Gasteiger partial charge in [0.2, 0.25) is 0 Å². The van der Waals surface area contributed by atoms with Crippen molar-refractivity contribution in [2.45, 2.75) is 18.9 Å². The molecular weight excluding hydrogens is 274 g/mol. The number of pyridine rings is 1. The molecule has 0 amide bonds. The molecule has 1 aromatic heterocycles. The molecule has 0 spiro atoms. The van der Waals surface area contributed by atoms with Gasteiger partial charge in [0.1, 0.15) is 5.15 Å². The Morgan fingerprint density at radius 2 is 2.00 bits per heavy atom. The molecule has 2 fully saturated rings. The van der Waals surface area contributed by atoms with E-state index in [4.69, 9.17) is 16.3 Å². The summed E-state index contributed by atoms with van der Waals surface area (Å²) in [5.74, 6) is 0.657. The van der Waals surface area contributed by atoms with Gasteiger partial charge in [-0.25, -0.2) is 4.98 Å². The summed E-state index contributed by atoms with van der Waals surface area (Å²) in [7, 11) is 0. The van der Waals surface area contributed by atoms with Crippen molar-refractivity contribution < 1.29 is 4.74 Å². The van der Waals surface area contributed by atoms with Crippen molar-refractivity contribution in [3.8, 4) is 0 Å². The predicted molar refractivity (Wildman–Crippen MR) is 80.0 cm³/mol. The summed E-state index contributed by atoms with van der Waals surface area (Å²) < 4.78 is 5.52. The Morgan fingerprint density at radius 3 is 2.65 bits per heavy atom. The zero-order valence-electron chi connectivity index (χ0n) is 11.7. The molecule has 110 valence electrons. The Balaban J connectivity index is 1.83. The third-order valence-electron chi connectivity index (χ3n) is 4.35. The van der Waals surface area contributed by atoms with Crippen molar-refractivity contribution in [2.24, 2.45) is 5.92 Å². The van der Waals surface area contributed by atoms with Gasteiger partial charge in [0.05, 0.1) is 0 Å². The van der Waals surface area contributed by atoms with Crippen LogP contribution in [0.5, 0.6) is 0 Å². The van der Waals surface area contributed by atoms with Crippen LogP contribution in [0.2, 0.25) is 5.15 Å². The summed E-state index contributed by atoms with van der Waals surface area (Å²) in [6.45, 7) is 6.11. The molecule has 1 N–H and O–H groups in total. The van der Waals surface area contributed by atoms with Crippen molar-refractivity contribution in [1.29, 1.82) is 0 Å². The minimum absolute atomic E-state index is 0.450. The second kappa shape index (κ2) is 6.85. The Kier molecular flexibility index (Phi) is 4.89. The van der Waals surface area contributed by atoms with Crippen LogP contribution in [0.15, 0.2) is 18.3 Å². The lowest BCUT2D eigenvalue weighted by Gasteiger charge is -2.41. The van der Waals surface area contributed by atoms with Crippen molar-refractivity contribution >= 4 is 11.6 Å². The quantitative estimate of drug-likeness (QED) is 0.867. The zero-order chi connectivity index (χ0) is 13.8. The molecule has 2 aliphatic heterocycles. The number of piperazine rings is 1. The Hall–Kier alpha value is -0.680. The van der Waals surface area contributed by atoms with Crippen LogP contribution in [0.25, 0.3) is 0 Å². The minimum Gasteiger partial charge on any atom is -0.381 e. The highest BCUT2D eigenvalue weighted by Crippen LogP contribution is 2.35. The second-order valence-electron chi connectivity index (χ2n) is 5.59. The maximum absolute atomic E-state index is 5.93. The SMILES string of the molecule is Clc1ccc([C@H](C2CCOCC2)N2CCNCC2)cn1. The van der Waals surface area contributed by atoms with Gasteiger partial charge in [0.25, 0.3) is 0 Å². The number of aromatic nitrogens is 1. The lowest BCUT2D eigenvalue weighted by atomic mass is 9.86. The standard InChI is InChI=1S/C15H22ClN3O/c16-14-2-1-13(11-18-14)15(12-3-9-20-10-4-12)19-7-5-17-6-8-19/h1-2,11-12,15,17H,3-10H2/t15-/m0/s1. The first-order valence-corrected chi connectivity index (χ1v) is 7.86. The summed E-state index contributed by atoms with van der Waals surface area (Å²) in [6, 6.07) is 4.49. The van der Waals surface area contributed by atoms with E-state index < -0.39 is 0 Å². The molecular formula is C15H22ClN3O. The minimum atomic E-state index is 0.450. The number of nitrogens with zero attached hydrogens (tertiary/aromatic N) is 2. The fourth-order valence-electron chi connectivity index (χ4n) is 3.34. The van der Waals surface area contributed by atoms with E-state index in [0.717, 1.165) is 52.2 Å². The van der Waals surface area contributed by atoms with Crippen molar-refractivity contribution in [3.05, 3.63) is 29.0 Å². The normalized spacial score (nSPS) is 23.6. The van der Waals surface area contributed by atoms with Crippen molar-refractivity contribution in [1.82, 2.24) is 15.2 Å². The number of hydrogen-bond donors (Lipinski definition) is 1. The van der Waals surface area contributed by atoms with Gasteiger partial charge in [-0.05, 0) is 30.4 Å². The van der Waals surface area contributed by atoms with Crippen LogP contribution in [-0.4, -0.2) is 49.3 Å². The van der Waals surface area contributed by atoms with E-state index in [1.807, 2.05) is 12.3 Å². The Labute approximate surface area is 125 Å². The van der Waals surface area contributed by atoms with Crippen LogP contribution < -0.4 is 5.32 Å². The molecule has 0 aliphatic carbocycles. The molecule has 3 heterocycles. The molecule has 3 rings (SSSR count). The molecule has 0 aromatic carbocycles. The fraction of sp³-hybridized carbons (Fsp3) is 0.667. The molecule has 4 nitrogen and oxygen atoms in total. The van der Waals surface area contributed by atoms with Gasteiger partial charge in [-0.2, -0.15) is 0 Å². The first-order valence-electron chi connectivity index (χ1n) is 7.48. The van der Waals surface area contributed by atoms with Crippen LogP contribution >= 0.6 is 11.6 Å². The number of ether oxygens (including phenoxy) is 1. The van der Waals surface area contributed by atoms with Gasteiger partial charge in [-0.1, -0.05) is 17.7 Å². The van der Waals surface area contributed by atoms with Crippen LogP contribution in [-0.2, 0) is 4.74 Å². The lowest BCUT2D eigenvalue weighted by molar-refractivity contribution is 0.0212. The van der Waals surface area contributed by atoms with Crippen LogP contribution in [0.3, 0.4) is 0 Å². The van der Waals surface area contributed by atoms with E-state index in [9.17, 15) is 0 Å². The second-order valence-corrected chi connectivity index (χ2v) is 5.98. The third-order valence-corrected chi connectivity index (χ3v) is 4.57. The molecule has 0 bridgehead atoms. The summed E-state index contributed by atoms with van der Waals surface area (Å²) in [5.41, 5.74) is 1.29. The summed E-state index contributed by atoms with van der Waals surface area (Å²) in [5, 5.41) is 4.00. The Morgan fingerprint density at radius 1 is 1.25 bits per heavy atom. The number of nitrogens with one attached hydrogen (secondary N) is 1. The lowest BCUT2D eigenvalue weighted by Crippen LogP contribution is -2.47. The molecule has 20 heavy (non-hydrogen) atoms. The third kappa shape index (κ3) is 3.31. The number of rotatable bonds is 3. The van der Waals surface area contributed by atoms with Gasteiger partial charge in [0, 0.05) is 51.6 Å². The van der Waals surface area contributed by atoms with Crippen LogP contribution in [0.4, 0.5) is 0 Å². The topological polar surface area (TPSA) is 37.4 Å². The first-order chi connectivity index (χ1) is 9.84. The van der Waals surface area contributed by atoms with Gasteiger partial charge in [-0.3, -0.25) is 4.90 Å². The highest BCUT2D eigenvalue weighted by molar-refractivity contribution is 6.29. The first kappa shape index (κ1) is 14.3. The number of halogens is 1. The highest BCUT2D eigenvalue weighted by atomic mass is 35.5. The van der Waals surface area contributed by atoms with Crippen LogP contribution in [0.1, 0.15) is 24.4 Å². The monoisotopic (exact) mass is 295 g/mol. The average molecular weight is 296 g/mol. The van der Waals surface area contributed by atoms with E-state index in [0.29, 0.717) is 17.1 Å². The van der Waals surface area contributed by atoms with E-state index in [1.165, 1.54) is 5.56 Å². The van der Waals surface area contributed by atoms with Crippen molar-refractivity contribution in [2.75, 3.05) is 39.4 Å². The molecule has 0 unspecified atom stereocenters. The molecule has 0 radical (unpaired) electrons. The predicted octanol–water partition coefficient (Wildman–Crippen LogP) is 2.11. The molecule has 1 atom stereocenters. The largest absolute Gasteiger partial charge is 0.381 e. The molecule has 5 heteroatoms. The van der Waals surface area contributed by atoms with Gasteiger partial charge < -0.3 is 10.1 Å². The van der Waals surface area contributed by atoms with Crippen LogP contribution in [0, 0.1) is 5.92 Å². The Bertz CT molecular complexity index is 396. The average Bonchev–Trinajstić information content (AvgIpc) is 2.52.